The van der Waals surface area contributed by atoms with Crippen molar-refractivity contribution in [3.05, 3.63) is 35.4 Å². The largest absolute Gasteiger partial charge is 0.320 e. The molecule has 0 unspecified atom stereocenters. The predicted molar refractivity (Wildman–Crippen MR) is 93.8 cm³/mol. The Bertz CT molecular complexity index is 536. The van der Waals surface area contributed by atoms with Crippen molar-refractivity contribution in [2.75, 3.05) is 13.6 Å². The molecule has 2 N–H and O–H groups in total. The van der Waals surface area contributed by atoms with Gasteiger partial charge in [0.1, 0.15) is 0 Å². The second kappa shape index (κ2) is 10.7. The van der Waals surface area contributed by atoms with Gasteiger partial charge >= 0.3 is 0 Å². The third-order valence-corrected chi connectivity index (χ3v) is 3.52. The van der Waals surface area contributed by atoms with Gasteiger partial charge in [-0.15, -0.1) is 0 Å². The quantitative estimate of drug-likeness (QED) is 0.302. The van der Waals surface area contributed by atoms with E-state index in [1.54, 1.807) is 6.92 Å². The fourth-order valence-corrected chi connectivity index (χ4v) is 2.17. The summed E-state index contributed by atoms with van der Waals surface area (Å²) in [5.41, 5.74) is 5.21. The van der Waals surface area contributed by atoms with Crippen LogP contribution in [0.2, 0.25) is 0 Å². The summed E-state index contributed by atoms with van der Waals surface area (Å²) in [5.74, 6) is 0.0182. The lowest BCUT2D eigenvalue weighted by atomic mass is 10.1. The van der Waals surface area contributed by atoms with E-state index in [4.69, 9.17) is 0 Å². The Labute approximate surface area is 138 Å². The van der Waals surface area contributed by atoms with Crippen LogP contribution in [0.1, 0.15) is 55.5 Å². The number of Topliss-reactive ketones (excluding diaryl/α,β-unsaturated/α-hetero) is 1. The average Bonchev–Trinajstić information content (AvgIpc) is 2.53. The number of rotatable bonds is 10. The van der Waals surface area contributed by atoms with E-state index < -0.39 is 0 Å². The van der Waals surface area contributed by atoms with Gasteiger partial charge < -0.3 is 5.32 Å². The number of carbonyl (C=O) groups is 2. The fourth-order valence-electron chi connectivity index (χ4n) is 2.17. The molecule has 0 aliphatic carbocycles. The zero-order chi connectivity index (χ0) is 17.1. The van der Waals surface area contributed by atoms with Gasteiger partial charge in [0.05, 0.1) is 0 Å². The minimum atomic E-state index is -0.0410. The number of carbonyl (C=O) groups excluding carboxylic acids is 2. The zero-order valence-electron chi connectivity index (χ0n) is 14.3. The summed E-state index contributed by atoms with van der Waals surface area (Å²) in [6, 6.07) is 7.46. The van der Waals surface area contributed by atoms with Crippen LogP contribution in [-0.4, -0.2) is 31.0 Å². The molecule has 0 heterocycles. The number of unbranched alkanes of at least 4 members (excludes halogenated alkanes) is 2. The first-order chi connectivity index (χ1) is 11.0. The number of hydrazone groups is 1. The minimum Gasteiger partial charge on any atom is -0.320 e. The molecule has 0 bridgehead atoms. The van der Waals surface area contributed by atoms with E-state index in [0.29, 0.717) is 18.4 Å². The zero-order valence-corrected chi connectivity index (χ0v) is 14.3. The van der Waals surface area contributed by atoms with E-state index in [2.05, 4.69) is 15.8 Å². The normalized spacial score (nSPS) is 11.3. The number of amides is 1. The molecule has 0 fully saturated rings. The van der Waals surface area contributed by atoms with Crippen molar-refractivity contribution < 1.29 is 9.59 Å². The first-order valence-corrected chi connectivity index (χ1v) is 8.09. The van der Waals surface area contributed by atoms with Crippen molar-refractivity contribution in [3.63, 3.8) is 0 Å². The molecule has 1 amide bonds. The van der Waals surface area contributed by atoms with Gasteiger partial charge in [-0.2, -0.15) is 5.10 Å². The van der Waals surface area contributed by atoms with Gasteiger partial charge in [0.25, 0.3) is 0 Å². The SMILES string of the molecule is CNCCCCCC(=O)N/N=C(\C)Cc1ccc(C(C)=O)cc1. The van der Waals surface area contributed by atoms with Crippen LogP contribution < -0.4 is 10.7 Å². The Hall–Kier alpha value is -2.01. The Morgan fingerprint density at radius 1 is 1.04 bits per heavy atom. The Morgan fingerprint density at radius 2 is 1.74 bits per heavy atom. The molecule has 0 aromatic heterocycles. The number of nitrogens with zero attached hydrogens (tertiary/aromatic N) is 1. The highest BCUT2D eigenvalue weighted by Crippen LogP contribution is 2.06. The number of benzene rings is 1. The van der Waals surface area contributed by atoms with Gasteiger partial charge in [-0.1, -0.05) is 30.7 Å². The van der Waals surface area contributed by atoms with Gasteiger partial charge in [-0.3, -0.25) is 9.59 Å². The fraction of sp³-hybridized carbons (Fsp3) is 0.500. The molecule has 5 nitrogen and oxygen atoms in total. The first kappa shape index (κ1) is 19.0. The summed E-state index contributed by atoms with van der Waals surface area (Å²) in [6.45, 7) is 4.42. The monoisotopic (exact) mass is 317 g/mol. The Morgan fingerprint density at radius 3 is 2.35 bits per heavy atom. The number of ketones is 1. The Kier molecular flexibility index (Phi) is 8.83. The molecule has 0 aliphatic heterocycles. The molecule has 1 aromatic carbocycles. The van der Waals surface area contributed by atoms with Gasteiger partial charge in [0.2, 0.25) is 5.91 Å². The van der Waals surface area contributed by atoms with Crippen LogP contribution in [0.4, 0.5) is 0 Å². The molecule has 23 heavy (non-hydrogen) atoms. The van der Waals surface area contributed by atoms with Crippen LogP contribution in [0.25, 0.3) is 0 Å². The van der Waals surface area contributed by atoms with Crippen molar-refractivity contribution in [1.82, 2.24) is 10.7 Å². The second-order valence-electron chi connectivity index (χ2n) is 5.73. The van der Waals surface area contributed by atoms with E-state index >= 15 is 0 Å². The number of hydrogen-bond donors (Lipinski definition) is 2. The molecule has 0 spiro atoms. The summed E-state index contributed by atoms with van der Waals surface area (Å²) in [5, 5.41) is 7.22. The molecular weight excluding hydrogens is 290 g/mol. The predicted octanol–water partition coefficient (Wildman–Crippen LogP) is 2.70. The second-order valence-corrected chi connectivity index (χ2v) is 5.73. The van der Waals surface area contributed by atoms with Gasteiger partial charge in [0, 0.05) is 24.1 Å². The molecule has 1 rings (SSSR count). The molecule has 0 radical (unpaired) electrons. The number of nitrogens with one attached hydrogen (secondary N) is 2. The van der Waals surface area contributed by atoms with Crippen LogP contribution in [0.5, 0.6) is 0 Å². The van der Waals surface area contributed by atoms with Crippen molar-refractivity contribution in [2.24, 2.45) is 5.10 Å². The van der Waals surface area contributed by atoms with Crippen LogP contribution >= 0.6 is 0 Å². The highest BCUT2D eigenvalue weighted by Gasteiger charge is 2.02. The smallest absolute Gasteiger partial charge is 0.240 e. The maximum absolute atomic E-state index is 11.7. The van der Waals surface area contributed by atoms with E-state index in [0.717, 1.165) is 37.1 Å². The Balaban J connectivity index is 2.33. The summed E-state index contributed by atoms with van der Waals surface area (Å²) < 4.78 is 0. The van der Waals surface area contributed by atoms with Crippen LogP contribution in [0.3, 0.4) is 0 Å². The minimum absolute atomic E-state index is 0.0410. The third kappa shape index (κ3) is 8.26. The molecule has 126 valence electrons. The van der Waals surface area contributed by atoms with Crippen LogP contribution in [0, 0.1) is 0 Å². The summed E-state index contributed by atoms with van der Waals surface area (Å²) in [4.78, 5) is 22.9. The van der Waals surface area contributed by atoms with Crippen molar-refractivity contribution >= 4 is 17.4 Å². The highest BCUT2D eigenvalue weighted by molar-refractivity contribution is 5.94. The highest BCUT2D eigenvalue weighted by atomic mass is 16.2. The topological polar surface area (TPSA) is 70.6 Å². The lowest BCUT2D eigenvalue weighted by Gasteiger charge is -2.04. The van der Waals surface area contributed by atoms with Gasteiger partial charge in [-0.05, 0) is 45.8 Å². The van der Waals surface area contributed by atoms with E-state index in [1.165, 1.54) is 0 Å². The summed E-state index contributed by atoms with van der Waals surface area (Å²) in [6.07, 6.45) is 4.17. The van der Waals surface area contributed by atoms with Crippen molar-refractivity contribution in [1.29, 1.82) is 0 Å². The van der Waals surface area contributed by atoms with Crippen LogP contribution in [0.15, 0.2) is 29.4 Å². The van der Waals surface area contributed by atoms with E-state index in [-0.39, 0.29) is 11.7 Å². The average molecular weight is 317 g/mol. The molecule has 5 heteroatoms. The van der Waals surface area contributed by atoms with E-state index in [9.17, 15) is 9.59 Å². The van der Waals surface area contributed by atoms with Gasteiger partial charge in [-0.25, -0.2) is 5.43 Å². The third-order valence-electron chi connectivity index (χ3n) is 3.52. The van der Waals surface area contributed by atoms with E-state index in [1.807, 2.05) is 38.2 Å². The molecule has 0 saturated carbocycles. The van der Waals surface area contributed by atoms with Crippen molar-refractivity contribution in [2.45, 2.75) is 46.0 Å². The summed E-state index contributed by atoms with van der Waals surface area (Å²) in [7, 11) is 1.93. The number of hydrogen-bond acceptors (Lipinski definition) is 4. The van der Waals surface area contributed by atoms with Crippen LogP contribution in [-0.2, 0) is 11.2 Å². The molecule has 0 aliphatic rings. The molecule has 0 atom stereocenters. The first-order valence-electron chi connectivity index (χ1n) is 8.09. The maximum Gasteiger partial charge on any atom is 0.240 e. The lowest BCUT2D eigenvalue weighted by Crippen LogP contribution is -2.19. The lowest BCUT2D eigenvalue weighted by molar-refractivity contribution is -0.121. The molecule has 0 saturated heterocycles. The molecule has 1 aromatic rings. The standard InChI is InChI=1S/C18H27N3O2/c1-14(13-16-8-10-17(11-9-16)15(2)22)20-21-18(23)7-5-4-6-12-19-3/h8-11,19H,4-7,12-13H2,1-3H3,(H,21,23)/b20-14+. The van der Waals surface area contributed by atoms with Crippen molar-refractivity contribution in [3.8, 4) is 0 Å². The molecular formula is C18H27N3O2. The summed E-state index contributed by atoms with van der Waals surface area (Å²) >= 11 is 0. The maximum atomic E-state index is 11.7. The van der Waals surface area contributed by atoms with Gasteiger partial charge in [0.15, 0.2) is 5.78 Å².